The maximum atomic E-state index is 12.3. The molecular formula is C17H25ClN2O3. The number of amides is 1. The molecule has 23 heavy (non-hydrogen) atoms. The number of morpholine rings is 1. The molecule has 1 fully saturated rings. The Kier molecular flexibility index (Phi) is 6.27. The average Bonchev–Trinajstić information content (AvgIpc) is 2.46. The highest BCUT2D eigenvalue weighted by atomic mass is 35.5. The van der Waals surface area contributed by atoms with Gasteiger partial charge >= 0.3 is 6.09 Å². The predicted molar refractivity (Wildman–Crippen MR) is 90.7 cm³/mol. The van der Waals surface area contributed by atoms with Crippen LogP contribution in [0.1, 0.15) is 26.3 Å². The third kappa shape index (κ3) is 6.01. The van der Waals surface area contributed by atoms with E-state index in [1.54, 1.807) is 4.90 Å². The lowest BCUT2D eigenvalue weighted by atomic mass is 10.2. The highest BCUT2D eigenvalue weighted by Crippen LogP contribution is 2.15. The van der Waals surface area contributed by atoms with E-state index < -0.39 is 5.60 Å². The number of ether oxygens (including phenoxy) is 2. The van der Waals surface area contributed by atoms with E-state index in [2.05, 4.69) is 5.32 Å². The molecule has 0 radical (unpaired) electrons. The Morgan fingerprint density at radius 3 is 2.96 bits per heavy atom. The number of benzene rings is 1. The second-order valence-electron chi connectivity index (χ2n) is 6.66. The zero-order chi connectivity index (χ0) is 16.9. The van der Waals surface area contributed by atoms with Gasteiger partial charge in [0.05, 0.1) is 19.3 Å². The standard InChI is InChI=1S/C17H25ClN2O3/c1-17(2,3)23-16(21)20-7-8-22-12-15(20)11-19-10-13-5-4-6-14(18)9-13/h4-6,9,15,19H,7-8,10-12H2,1-3H3. The molecule has 6 heteroatoms. The SMILES string of the molecule is CC(C)(C)OC(=O)N1CCOCC1CNCc1cccc(Cl)c1. The van der Waals surface area contributed by atoms with Gasteiger partial charge in [-0.2, -0.15) is 0 Å². The first-order chi connectivity index (χ1) is 10.8. The molecule has 128 valence electrons. The number of nitrogens with one attached hydrogen (secondary N) is 1. The molecule has 0 aliphatic carbocycles. The van der Waals surface area contributed by atoms with Gasteiger partial charge in [-0.3, -0.25) is 4.90 Å². The van der Waals surface area contributed by atoms with Crippen LogP contribution in [0.3, 0.4) is 0 Å². The molecule has 1 aromatic rings. The lowest BCUT2D eigenvalue weighted by molar-refractivity contribution is -0.0317. The van der Waals surface area contributed by atoms with E-state index in [0.717, 1.165) is 10.6 Å². The van der Waals surface area contributed by atoms with Crippen LogP contribution in [0.5, 0.6) is 0 Å². The van der Waals surface area contributed by atoms with Crippen LogP contribution in [-0.4, -0.2) is 48.9 Å². The molecule has 1 unspecified atom stereocenters. The van der Waals surface area contributed by atoms with Crippen LogP contribution in [0.15, 0.2) is 24.3 Å². The van der Waals surface area contributed by atoms with Crippen molar-refractivity contribution in [3.63, 3.8) is 0 Å². The summed E-state index contributed by atoms with van der Waals surface area (Å²) in [6.45, 7) is 8.57. The van der Waals surface area contributed by atoms with Crippen LogP contribution < -0.4 is 5.32 Å². The summed E-state index contributed by atoms with van der Waals surface area (Å²) in [6, 6.07) is 7.69. The second-order valence-corrected chi connectivity index (χ2v) is 7.10. The molecule has 5 nitrogen and oxygen atoms in total. The molecule has 0 aromatic heterocycles. The van der Waals surface area contributed by atoms with E-state index in [1.165, 1.54) is 0 Å². The van der Waals surface area contributed by atoms with Gasteiger partial charge in [0.15, 0.2) is 0 Å². The Labute approximate surface area is 142 Å². The smallest absolute Gasteiger partial charge is 0.410 e. The molecule has 0 spiro atoms. The molecule has 1 aromatic carbocycles. The van der Waals surface area contributed by atoms with Gasteiger partial charge in [0.1, 0.15) is 5.60 Å². The fourth-order valence-corrected chi connectivity index (χ4v) is 2.63. The fraction of sp³-hybridized carbons (Fsp3) is 0.588. The highest BCUT2D eigenvalue weighted by Gasteiger charge is 2.30. The number of hydrogen-bond donors (Lipinski definition) is 1. The van der Waals surface area contributed by atoms with Crippen molar-refractivity contribution in [2.24, 2.45) is 0 Å². The van der Waals surface area contributed by atoms with Crippen molar-refractivity contribution < 1.29 is 14.3 Å². The summed E-state index contributed by atoms with van der Waals surface area (Å²) in [5.41, 5.74) is 0.617. The van der Waals surface area contributed by atoms with Crippen molar-refractivity contribution in [1.82, 2.24) is 10.2 Å². The zero-order valence-electron chi connectivity index (χ0n) is 14.0. The van der Waals surface area contributed by atoms with E-state index in [9.17, 15) is 4.79 Å². The monoisotopic (exact) mass is 340 g/mol. The van der Waals surface area contributed by atoms with Crippen molar-refractivity contribution in [2.75, 3.05) is 26.3 Å². The van der Waals surface area contributed by atoms with E-state index in [-0.39, 0.29) is 12.1 Å². The predicted octanol–water partition coefficient (Wildman–Crippen LogP) is 3.07. The van der Waals surface area contributed by atoms with Crippen molar-refractivity contribution in [1.29, 1.82) is 0 Å². The quantitative estimate of drug-likeness (QED) is 0.915. The first-order valence-electron chi connectivity index (χ1n) is 7.88. The summed E-state index contributed by atoms with van der Waals surface area (Å²) in [5, 5.41) is 4.08. The van der Waals surface area contributed by atoms with Crippen LogP contribution >= 0.6 is 11.6 Å². The minimum absolute atomic E-state index is 0.0298. The number of carbonyl (C=O) groups excluding carboxylic acids is 1. The maximum absolute atomic E-state index is 12.3. The Balaban J connectivity index is 1.87. The first kappa shape index (κ1) is 18.0. The summed E-state index contributed by atoms with van der Waals surface area (Å²) in [7, 11) is 0. The van der Waals surface area contributed by atoms with E-state index >= 15 is 0 Å². The highest BCUT2D eigenvalue weighted by molar-refractivity contribution is 6.30. The van der Waals surface area contributed by atoms with Gasteiger partial charge in [0, 0.05) is 24.7 Å². The summed E-state index contributed by atoms with van der Waals surface area (Å²) in [5.74, 6) is 0. The largest absolute Gasteiger partial charge is 0.444 e. The maximum Gasteiger partial charge on any atom is 0.410 e. The Morgan fingerprint density at radius 1 is 1.48 bits per heavy atom. The van der Waals surface area contributed by atoms with Gasteiger partial charge in [0.2, 0.25) is 0 Å². The van der Waals surface area contributed by atoms with E-state index in [1.807, 2.05) is 45.0 Å². The minimum Gasteiger partial charge on any atom is -0.444 e. The molecule has 1 heterocycles. The van der Waals surface area contributed by atoms with Crippen LogP contribution in [0, 0.1) is 0 Å². The number of carbonyl (C=O) groups is 1. The second kappa shape index (κ2) is 7.99. The number of nitrogens with zero attached hydrogens (tertiary/aromatic N) is 1. The lowest BCUT2D eigenvalue weighted by Crippen LogP contribution is -2.54. The summed E-state index contributed by atoms with van der Waals surface area (Å²) < 4.78 is 11.0. The lowest BCUT2D eigenvalue weighted by Gasteiger charge is -2.36. The molecule has 1 aliphatic rings. The Bertz CT molecular complexity index is 531. The van der Waals surface area contributed by atoms with Crippen LogP contribution in [-0.2, 0) is 16.0 Å². The Hall–Kier alpha value is -1.30. The average molecular weight is 341 g/mol. The zero-order valence-corrected chi connectivity index (χ0v) is 14.7. The normalized spacial score (nSPS) is 18.8. The van der Waals surface area contributed by atoms with Gasteiger partial charge in [-0.05, 0) is 38.5 Å². The first-order valence-corrected chi connectivity index (χ1v) is 8.25. The van der Waals surface area contributed by atoms with Crippen molar-refractivity contribution >= 4 is 17.7 Å². The van der Waals surface area contributed by atoms with Crippen LogP contribution in [0.2, 0.25) is 5.02 Å². The number of halogens is 1. The van der Waals surface area contributed by atoms with Gasteiger partial charge in [-0.25, -0.2) is 4.79 Å². The molecule has 1 N–H and O–H groups in total. The van der Waals surface area contributed by atoms with Crippen LogP contribution in [0.25, 0.3) is 0 Å². The third-order valence-corrected chi connectivity index (χ3v) is 3.69. The van der Waals surface area contributed by atoms with Crippen molar-refractivity contribution in [3.8, 4) is 0 Å². The molecule has 1 atom stereocenters. The fourth-order valence-electron chi connectivity index (χ4n) is 2.41. The van der Waals surface area contributed by atoms with Crippen molar-refractivity contribution in [3.05, 3.63) is 34.9 Å². The summed E-state index contributed by atoms with van der Waals surface area (Å²) in [4.78, 5) is 14.1. The van der Waals surface area contributed by atoms with E-state index in [4.69, 9.17) is 21.1 Å². The topological polar surface area (TPSA) is 50.8 Å². The molecule has 0 saturated carbocycles. The van der Waals surface area contributed by atoms with Gasteiger partial charge in [0.25, 0.3) is 0 Å². The Morgan fingerprint density at radius 2 is 2.26 bits per heavy atom. The van der Waals surface area contributed by atoms with Crippen LogP contribution in [0.4, 0.5) is 4.79 Å². The summed E-state index contributed by atoms with van der Waals surface area (Å²) >= 11 is 5.98. The minimum atomic E-state index is -0.492. The number of hydrogen-bond acceptors (Lipinski definition) is 4. The molecule has 0 bridgehead atoms. The van der Waals surface area contributed by atoms with Crippen molar-refractivity contribution in [2.45, 2.75) is 39.0 Å². The summed E-state index contributed by atoms with van der Waals surface area (Å²) in [6.07, 6.45) is -0.282. The third-order valence-electron chi connectivity index (χ3n) is 3.45. The van der Waals surface area contributed by atoms with Gasteiger partial charge in [-0.15, -0.1) is 0 Å². The number of rotatable bonds is 4. The molecule has 1 aliphatic heterocycles. The van der Waals surface area contributed by atoms with Gasteiger partial charge < -0.3 is 14.8 Å². The van der Waals surface area contributed by atoms with E-state index in [0.29, 0.717) is 32.8 Å². The molecule has 2 rings (SSSR count). The van der Waals surface area contributed by atoms with Gasteiger partial charge in [-0.1, -0.05) is 23.7 Å². The molecule has 1 saturated heterocycles. The molecular weight excluding hydrogens is 316 g/mol. The molecule has 1 amide bonds.